The van der Waals surface area contributed by atoms with Crippen molar-refractivity contribution in [2.45, 2.75) is 6.42 Å². The van der Waals surface area contributed by atoms with Gasteiger partial charge in [0.25, 0.3) is 0 Å². The number of anilines is 1. The smallest absolute Gasteiger partial charge is 0.229 e. The molecule has 2 rings (SSSR count). The topological polar surface area (TPSA) is 42.0 Å². The summed E-state index contributed by atoms with van der Waals surface area (Å²) in [6.07, 6.45) is 2.06. The molecule has 0 aliphatic carbocycles. The van der Waals surface area contributed by atoms with Gasteiger partial charge in [0, 0.05) is 6.20 Å². The Morgan fingerprint density at radius 2 is 2.33 bits per heavy atom. The average Bonchev–Trinajstić information content (AvgIpc) is 2.71. The van der Waals surface area contributed by atoms with Crippen LogP contribution in [0.1, 0.15) is 5.56 Å². The Morgan fingerprint density at radius 1 is 1.40 bits per heavy atom. The quantitative estimate of drug-likeness (QED) is 0.859. The normalized spacial score (nSPS) is 9.87. The summed E-state index contributed by atoms with van der Waals surface area (Å²) in [6.45, 7) is 0. The van der Waals surface area contributed by atoms with Gasteiger partial charge < -0.3 is 5.32 Å². The Bertz CT molecular complexity index is 425. The van der Waals surface area contributed by atoms with Crippen LogP contribution in [0, 0.1) is 0 Å². The van der Waals surface area contributed by atoms with Gasteiger partial charge in [-0.15, -0.1) is 0 Å². The van der Waals surface area contributed by atoms with Crippen molar-refractivity contribution in [2.24, 2.45) is 0 Å². The zero-order valence-corrected chi connectivity index (χ0v) is 8.83. The number of thiophene rings is 1. The number of hydrogen-bond donors (Lipinski definition) is 1. The van der Waals surface area contributed by atoms with E-state index in [9.17, 15) is 4.79 Å². The van der Waals surface area contributed by atoms with Crippen molar-refractivity contribution in [3.63, 3.8) is 0 Å². The monoisotopic (exact) mass is 218 g/mol. The van der Waals surface area contributed by atoms with E-state index in [-0.39, 0.29) is 5.91 Å². The molecule has 0 aliphatic rings. The van der Waals surface area contributed by atoms with Crippen molar-refractivity contribution in [3.05, 3.63) is 46.8 Å². The Balaban J connectivity index is 1.94. The van der Waals surface area contributed by atoms with E-state index in [0.717, 1.165) is 5.56 Å². The lowest BCUT2D eigenvalue weighted by atomic mass is 10.2. The fourth-order valence-electron chi connectivity index (χ4n) is 1.20. The Kier molecular flexibility index (Phi) is 3.09. The highest BCUT2D eigenvalue weighted by atomic mass is 32.1. The second-order valence-corrected chi connectivity index (χ2v) is 3.85. The predicted octanol–water partition coefficient (Wildman–Crippen LogP) is 2.32. The molecule has 0 atom stereocenters. The van der Waals surface area contributed by atoms with Crippen molar-refractivity contribution in [3.8, 4) is 0 Å². The van der Waals surface area contributed by atoms with E-state index in [2.05, 4.69) is 10.3 Å². The van der Waals surface area contributed by atoms with Gasteiger partial charge in [0.1, 0.15) is 5.82 Å². The zero-order chi connectivity index (χ0) is 10.5. The molecule has 1 N–H and O–H groups in total. The van der Waals surface area contributed by atoms with Gasteiger partial charge in [0.05, 0.1) is 6.42 Å². The number of carbonyl (C=O) groups excluding carboxylic acids is 1. The first-order valence-electron chi connectivity index (χ1n) is 4.56. The second kappa shape index (κ2) is 4.70. The number of nitrogens with zero attached hydrogens (tertiary/aromatic N) is 1. The molecule has 0 fully saturated rings. The highest BCUT2D eigenvalue weighted by molar-refractivity contribution is 7.08. The van der Waals surface area contributed by atoms with Crippen LogP contribution in [-0.4, -0.2) is 10.9 Å². The standard InChI is InChI=1S/C11H10N2OS/c14-11(7-9-4-6-15-8-9)13-10-3-1-2-5-12-10/h1-6,8H,7H2,(H,12,13,14). The van der Waals surface area contributed by atoms with Crippen LogP contribution in [0.2, 0.25) is 0 Å². The zero-order valence-electron chi connectivity index (χ0n) is 8.01. The molecule has 0 radical (unpaired) electrons. The third-order valence-electron chi connectivity index (χ3n) is 1.88. The van der Waals surface area contributed by atoms with E-state index in [1.807, 2.05) is 29.0 Å². The van der Waals surface area contributed by atoms with E-state index in [0.29, 0.717) is 12.2 Å². The summed E-state index contributed by atoms with van der Waals surface area (Å²) in [5, 5.41) is 6.67. The highest BCUT2D eigenvalue weighted by Crippen LogP contribution is 2.08. The predicted molar refractivity (Wildman–Crippen MR) is 60.9 cm³/mol. The van der Waals surface area contributed by atoms with Gasteiger partial charge in [-0.1, -0.05) is 6.07 Å². The van der Waals surface area contributed by atoms with Gasteiger partial charge >= 0.3 is 0 Å². The molecular weight excluding hydrogens is 208 g/mol. The van der Waals surface area contributed by atoms with Crippen LogP contribution in [0.3, 0.4) is 0 Å². The van der Waals surface area contributed by atoms with Gasteiger partial charge in [0.2, 0.25) is 5.91 Å². The number of rotatable bonds is 3. The SMILES string of the molecule is O=C(Cc1ccsc1)Nc1ccccn1. The molecule has 76 valence electrons. The summed E-state index contributed by atoms with van der Waals surface area (Å²) in [4.78, 5) is 15.6. The van der Waals surface area contributed by atoms with Gasteiger partial charge in [-0.2, -0.15) is 11.3 Å². The van der Waals surface area contributed by atoms with Gasteiger partial charge in [0.15, 0.2) is 0 Å². The maximum Gasteiger partial charge on any atom is 0.229 e. The third kappa shape index (κ3) is 2.89. The molecule has 0 aliphatic heterocycles. The number of aromatic nitrogens is 1. The van der Waals surface area contributed by atoms with E-state index >= 15 is 0 Å². The van der Waals surface area contributed by atoms with Gasteiger partial charge in [-0.3, -0.25) is 4.79 Å². The molecule has 0 saturated carbocycles. The van der Waals surface area contributed by atoms with Crippen LogP contribution in [0.4, 0.5) is 5.82 Å². The molecule has 4 heteroatoms. The summed E-state index contributed by atoms with van der Waals surface area (Å²) >= 11 is 1.59. The number of hydrogen-bond acceptors (Lipinski definition) is 3. The van der Waals surface area contributed by atoms with Crippen molar-refractivity contribution in [1.29, 1.82) is 0 Å². The third-order valence-corrected chi connectivity index (χ3v) is 2.61. The highest BCUT2D eigenvalue weighted by Gasteiger charge is 2.04. The van der Waals surface area contributed by atoms with Crippen LogP contribution in [0.5, 0.6) is 0 Å². The molecule has 2 heterocycles. The Labute approximate surface area is 91.8 Å². The van der Waals surface area contributed by atoms with E-state index in [1.54, 1.807) is 23.6 Å². The molecule has 0 aromatic carbocycles. The molecule has 0 saturated heterocycles. The van der Waals surface area contributed by atoms with E-state index < -0.39 is 0 Å². The lowest BCUT2D eigenvalue weighted by Gasteiger charge is -2.02. The molecule has 1 amide bonds. The lowest BCUT2D eigenvalue weighted by Crippen LogP contribution is -2.14. The van der Waals surface area contributed by atoms with Crippen molar-refractivity contribution in [2.75, 3.05) is 5.32 Å². The van der Waals surface area contributed by atoms with Gasteiger partial charge in [-0.05, 0) is 34.5 Å². The number of carbonyl (C=O) groups is 1. The molecule has 0 spiro atoms. The minimum Gasteiger partial charge on any atom is -0.310 e. The second-order valence-electron chi connectivity index (χ2n) is 3.07. The van der Waals surface area contributed by atoms with Crippen LogP contribution in [0.25, 0.3) is 0 Å². The molecule has 2 aromatic rings. The molecule has 2 aromatic heterocycles. The first-order chi connectivity index (χ1) is 7.34. The van der Waals surface area contributed by atoms with Crippen LogP contribution in [-0.2, 0) is 11.2 Å². The summed E-state index contributed by atoms with van der Waals surface area (Å²) in [5.41, 5.74) is 1.04. The molecule has 0 unspecified atom stereocenters. The molecule has 0 bridgehead atoms. The summed E-state index contributed by atoms with van der Waals surface area (Å²) < 4.78 is 0. The average molecular weight is 218 g/mol. The minimum absolute atomic E-state index is 0.0351. The number of nitrogens with one attached hydrogen (secondary N) is 1. The van der Waals surface area contributed by atoms with Crippen molar-refractivity contribution >= 4 is 23.1 Å². The maximum absolute atomic E-state index is 11.5. The maximum atomic E-state index is 11.5. The fourth-order valence-corrected chi connectivity index (χ4v) is 1.87. The number of amides is 1. The first-order valence-corrected chi connectivity index (χ1v) is 5.51. The van der Waals surface area contributed by atoms with Crippen molar-refractivity contribution in [1.82, 2.24) is 4.98 Å². The summed E-state index contributed by atoms with van der Waals surface area (Å²) in [7, 11) is 0. The molecule has 3 nitrogen and oxygen atoms in total. The van der Waals surface area contributed by atoms with Crippen LogP contribution in [0.15, 0.2) is 41.2 Å². The Hall–Kier alpha value is -1.68. The Morgan fingerprint density at radius 3 is 3.00 bits per heavy atom. The molecular formula is C11H10N2OS. The van der Waals surface area contributed by atoms with Crippen molar-refractivity contribution < 1.29 is 4.79 Å². The van der Waals surface area contributed by atoms with Crippen LogP contribution < -0.4 is 5.32 Å². The summed E-state index contributed by atoms with van der Waals surface area (Å²) in [6, 6.07) is 7.37. The van der Waals surface area contributed by atoms with Crippen LogP contribution >= 0.6 is 11.3 Å². The largest absolute Gasteiger partial charge is 0.310 e. The fraction of sp³-hybridized carbons (Fsp3) is 0.0909. The number of pyridine rings is 1. The summed E-state index contributed by atoms with van der Waals surface area (Å²) in [5.74, 6) is 0.560. The molecule has 15 heavy (non-hydrogen) atoms. The van der Waals surface area contributed by atoms with E-state index in [4.69, 9.17) is 0 Å². The first kappa shape index (κ1) is 9.86. The lowest BCUT2D eigenvalue weighted by molar-refractivity contribution is -0.115. The van der Waals surface area contributed by atoms with E-state index in [1.165, 1.54) is 0 Å². The minimum atomic E-state index is -0.0351. The van der Waals surface area contributed by atoms with Gasteiger partial charge in [-0.25, -0.2) is 4.98 Å².